The van der Waals surface area contributed by atoms with E-state index in [4.69, 9.17) is 9.84 Å². The Morgan fingerprint density at radius 2 is 1.81 bits per heavy atom. The lowest BCUT2D eigenvalue weighted by molar-refractivity contribution is -0.143. The maximum Gasteiger partial charge on any atom is 0.320 e. The zero-order valence-electron chi connectivity index (χ0n) is 13.0. The second-order valence-electron chi connectivity index (χ2n) is 5.54. The summed E-state index contributed by atoms with van der Waals surface area (Å²) in [6.07, 6.45) is 0. The largest absolute Gasteiger partial charge is 0.497 e. The van der Waals surface area contributed by atoms with E-state index in [2.05, 4.69) is 24.0 Å². The molecule has 1 N–H and O–H groups in total. The Morgan fingerprint density at radius 3 is 2.38 bits per heavy atom. The van der Waals surface area contributed by atoms with Gasteiger partial charge in [-0.2, -0.15) is 0 Å². The van der Waals surface area contributed by atoms with Crippen molar-refractivity contribution in [3.63, 3.8) is 0 Å². The molecule has 116 valence electrons. The van der Waals surface area contributed by atoms with Gasteiger partial charge in [0.05, 0.1) is 7.11 Å². The van der Waals surface area contributed by atoms with E-state index >= 15 is 0 Å². The molecule has 5 heteroatoms. The Bertz CT molecular complexity index is 484. The fourth-order valence-electron chi connectivity index (χ4n) is 2.78. The van der Waals surface area contributed by atoms with E-state index in [1.54, 1.807) is 14.0 Å². The minimum Gasteiger partial charge on any atom is -0.497 e. The van der Waals surface area contributed by atoms with Crippen molar-refractivity contribution >= 4 is 5.97 Å². The van der Waals surface area contributed by atoms with Gasteiger partial charge in [0.25, 0.3) is 0 Å². The molecular formula is C16H24N2O3. The number of hydrogen-bond donors (Lipinski definition) is 1. The van der Waals surface area contributed by atoms with Crippen molar-refractivity contribution in [1.82, 2.24) is 9.80 Å². The molecule has 0 amide bonds. The van der Waals surface area contributed by atoms with Gasteiger partial charge in [-0.3, -0.25) is 14.6 Å². The highest BCUT2D eigenvalue weighted by atomic mass is 16.5. The van der Waals surface area contributed by atoms with Crippen molar-refractivity contribution in [2.75, 3.05) is 33.3 Å². The average molecular weight is 292 g/mol. The highest BCUT2D eigenvalue weighted by molar-refractivity contribution is 5.72. The van der Waals surface area contributed by atoms with Crippen LogP contribution in [0.15, 0.2) is 24.3 Å². The zero-order chi connectivity index (χ0) is 15.4. The molecule has 1 aliphatic rings. The van der Waals surface area contributed by atoms with Crippen molar-refractivity contribution in [2.45, 2.75) is 25.9 Å². The van der Waals surface area contributed by atoms with Gasteiger partial charge in [0.15, 0.2) is 0 Å². The molecule has 0 aromatic heterocycles. The van der Waals surface area contributed by atoms with Crippen LogP contribution in [0.1, 0.15) is 25.5 Å². The first kappa shape index (κ1) is 15.8. The summed E-state index contributed by atoms with van der Waals surface area (Å²) in [5, 5.41) is 9.08. The lowest BCUT2D eigenvalue weighted by atomic mass is 10.1. The number of methoxy groups -OCH3 is 1. The van der Waals surface area contributed by atoms with Crippen LogP contribution in [0.5, 0.6) is 5.75 Å². The van der Waals surface area contributed by atoms with Gasteiger partial charge < -0.3 is 9.84 Å². The van der Waals surface area contributed by atoms with E-state index in [0.717, 1.165) is 31.9 Å². The lowest BCUT2D eigenvalue weighted by Gasteiger charge is -2.39. The lowest BCUT2D eigenvalue weighted by Crippen LogP contribution is -2.52. The highest BCUT2D eigenvalue weighted by Crippen LogP contribution is 2.25. The van der Waals surface area contributed by atoms with Crippen molar-refractivity contribution in [1.29, 1.82) is 0 Å². The summed E-state index contributed by atoms with van der Waals surface area (Å²) in [7, 11) is 1.68. The number of ether oxygens (including phenoxy) is 1. The fraction of sp³-hybridized carbons (Fsp3) is 0.562. The summed E-state index contributed by atoms with van der Waals surface area (Å²) in [6.45, 7) is 7.30. The summed E-state index contributed by atoms with van der Waals surface area (Å²) in [6, 6.07) is 8.04. The van der Waals surface area contributed by atoms with Crippen molar-refractivity contribution < 1.29 is 14.6 Å². The van der Waals surface area contributed by atoms with Gasteiger partial charge in [-0.15, -0.1) is 0 Å². The number of nitrogens with zero attached hydrogens (tertiary/aromatic N) is 2. The fourth-order valence-corrected chi connectivity index (χ4v) is 2.78. The van der Waals surface area contributed by atoms with Gasteiger partial charge in [0, 0.05) is 32.2 Å². The molecule has 0 unspecified atom stereocenters. The Balaban J connectivity index is 1.96. The molecule has 0 bridgehead atoms. The summed E-state index contributed by atoms with van der Waals surface area (Å²) >= 11 is 0. The third-order valence-electron chi connectivity index (χ3n) is 4.38. The molecule has 1 saturated heterocycles. The Morgan fingerprint density at radius 1 is 1.19 bits per heavy atom. The molecule has 1 fully saturated rings. The summed E-state index contributed by atoms with van der Waals surface area (Å²) in [5.41, 5.74) is 1.23. The van der Waals surface area contributed by atoms with Gasteiger partial charge in [-0.1, -0.05) is 12.1 Å². The molecule has 1 aliphatic heterocycles. The van der Waals surface area contributed by atoms with Crippen LogP contribution in [0, 0.1) is 0 Å². The predicted molar refractivity (Wildman–Crippen MR) is 81.7 cm³/mol. The molecule has 1 aromatic rings. The number of benzene rings is 1. The number of aliphatic carboxylic acids is 1. The molecule has 2 atom stereocenters. The molecule has 2 rings (SSSR count). The molecule has 5 nitrogen and oxygen atoms in total. The van der Waals surface area contributed by atoms with Crippen LogP contribution in [0.3, 0.4) is 0 Å². The quantitative estimate of drug-likeness (QED) is 0.897. The predicted octanol–water partition coefficient (Wildman–Crippen LogP) is 1.85. The van der Waals surface area contributed by atoms with Crippen LogP contribution in [0.2, 0.25) is 0 Å². The van der Waals surface area contributed by atoms with Gasteiger partial charge in [0.2, 0.25) is 0 Å². The van der Waals surface area contributed by atoms with E-state index in [0.29, 0.717) is 6.04 Å². The van der Waals surface area contributed by atoms with E-state index < -0.39 is 12.0 Å². The normalized spacial score (nSPS) is 20.0. The third-order valence-corrected chi connectivity index (χ3v) is 4.38. The number of rotatable bonds is 5. The summed E-state index contributed by atoms with van der Waals surface area (Å²) in [5.74, 6) is 0.127. The standard InChI is InChI=1S/C16H24N2O3/c1-12(14-5-4-6-15(11-14)21-3)17-7-9-18(10-8-17)13(2)16(19)20/h4-6,11-13H,7-10H2,1-3H3,(H,19,20)/t12-,13+/m1/s1. The molecule has 0 saturated carbocycles. The van der Waals surface area contributed by atoms with Crippen molar-refractivity contribution in [3.05, 3.63) is 29.8 Å². The zero-order valence-corrected chi connectivity index (χ0v) is 13.0. The maximum absolute atomic E-state index is 11.0. The average Bonchev–Trinajstić information content (AvgIpc) is 2.53. The van der Waals surface area contributed by atoms with E-state index in [-0.39, 0.29) is 0 Å². The molecular weight excluding hydrogens is 268 g/mol. The monoisotopic (exact) mass is 292 g/mol. The maximum atomic E-state index is 11.0. The minimum atomic E-state index is -0.746. The molecule has 0 spiro atoms. The molecule has 1 aromatic carbocycles. The first-order valence-electron chi connectivity index (χ1n) is 7.37. The molecule has 21 heavy (non-hydrogen) atoms. The van der Waals surface area contributed by atoms with Crippen LogP contribution in [0.25, 0.3) is 0 Å². The number of carboxylic acids is 1. The SMILES string of the molecule is COc1cccc([C@@H](C)N2CCN([C@@H](C)C(=O)O)CC2)c1. The second-order valence-corrected chi connectivity index (χ2v) is 5.54. The van der Waals surface area contributed by atoms with Crippen LogP contribution < -0.4 is 4.74 Å². The van der Waals surface area contributed by atoms with Crippen LogP contribution in [0.4, 0.5) is 0 Å². The number of carboxylic acid groups (broad SMARTS) is 1. The molecule has 1 heterocycles. The van der Waals surface area contributed by atoms with E-state index in [1.807, 2.05) is 17.0 Å². The van der Waals surface area contributed by atoms with E-state index in [9.17, 15) is 4.79 Å². The summed E-state index contributed by atoms with van der Waals surface area (Å²) < 4.78 is 5.28. The highest BCUT2D eigenvalue weighted by Gasteiger charge is 2.27. The first-order valence-corrected chi connectivity index (χ1v) is 7.37. The van der Waals surface area contributed by atoms with Gasteiger partial charge in [0.1, 0.15) is 11.8 Å². The van der Waals surface area contributed by atoms with Gasteiger partial charge in [-0.05, 0) is 31.5 Å². The van der Waals surface area contributed by atoms with Gasteiger partial charge in [-0.25, -0.2) is 0 Å². The third kappa shape index (κ3) is 3.74. The molecule has 0 aliphatic carbocycles. The Hall–Kier alpha value is -1.59. The topological polar surface area (TPSA) is 53.0 Å². The van der Waals surface area contributed by atoms with Crippen LogP contribution in [-0.2, 0) is 4.79 Å². The summed E-state index contributed by atoms with van der Waals surface area (Å²) in [4.78, 5) is 15.5. The number of carbonyl (C=O) groups is 1. The number of hydrogen-bond acceptors (Lipinski definition) is 4. The minimum absolute atomic E-state index is 0.308. The Kier molecular flexibility index (Phi) is 5.20. The van der Waals surface area contributed by atoms with Crippen LogP contribution in [-0.4, -0.2) is 60.2 Å². The number of piperazine rings is 1. The van der Waals surface area contributed by atoms with Gasteiger partial charge >= 0.3 is 5.97 Å². The van der Waals surface area contributed by atoms with Crippen molar-refractivity contribution in [3.8, 4) is 5.75 Å². The van der Waals surface area contributed by atoms with Crippen LogP contribution >= 0.6 is 0 Å². The molecule has 0 radical (unpaired) electrons. The second kappa shape index (κ2) is 6.91. The van der Waals surface area contributed by atoms with Crippen molar-refractivity contribution in [2.24, 2.45) is 0 Å². The first-order chi connectivity index (χ1) is 10.0. The Labute approximate surface area is 126 Å². The smallest absolute Gasteiger partial charge is 0.320 e. The van der Waals surface area contributed by atoms with E-state index in [1.165, 1.54) is 5.56 Å².